The third-order valence-electron chi connectivity index (χ3n) is 7.20. The molecule has 184 valence electrons. The summed E-state index contributed by atoms with van der Waals surface area (Å²) < 4.78 is 0. The molecule has 1 aromatic heterocycles. The Morgan fingerprint density at radius 3 is 1.28 bits per heavy atom. The standard InChI is InChI=1S/C30H34N6/c1-3-17-33-21-35(29-15-9-7-13-27(29)33)19-25-26(32-24-12-6-5-11-23(24)31-25)20-36-22-34(18-4-2)28-14-8-10-16-30(28)36/h5-16H,3-4,17-22H2,1-2H3. The summed E-state index contributed by atoms with van der Waals surface area (Å²) >= 11 is 0. The van der Waals surface area contributed by atoms with E-state index in [0.717, 1.165) is 74.8 Å². The van der Waals surface area contributed by atoms with Gasteiger partial charge >= 0.3 is 0 Å². The Bertz CT molecular complexity index is 1260. The van der Waals surface area contributed by atoms with Gasteiger partial charge in [-0.1, -0.05) is 50.2 Å². The van der Waals surface area contributed by atoms with E-state index in [-0.39, 0.29) is 0 Å². The molecule has 0 saturated heterocycles. The molecule has 0 unspecified atom stereocenters. The van der Waals surface area contributed by atoms with Crippen molar-refractivity contribution in [1.82, 2.24) is 9.97 Å². The van der Waals surface area contributed by atoms with Gasteiger partial charge in [-0.3, -0.25) is 0 Å². The Balaban J connectivity index is 1.35. The molecule has 0 radical (unpaired) electrons. The Labute approximate surface area is 213 Å². The molecule has 0 atom stereocenters. The summed E-state index contributed by atoms with van der Waals surface area (Å²) in [5.74, 6) is 0. The molecule has 0 N–H and O–H groups in total. The fraction of sp³-hybridized carbons (Fsp3) is 0.333. The number of hydrogen-bond acceptors (Lipinski definition) is 6. The Morgan fingerprint density at radius 1 is 0.528 bits per heavy atom. The van der Waals surface area contributed by atoms with Crippen molar-refractivity contribution >= 4 is 33.8 Å². The lowest BCUT2D eigenvalue weighted by Crippen LogP contribution is -2.33. The lowest BCUT2D eigenvalue weighted by Gasteiger charge is -2.24. The summed E-state index contributed by atoms with van der Waals surface area (Å²) in [5, 5.41) is 0. The summed E-state index contributed by atoms with van der Waals surface area (Å²) in [6, 6.07) is 25.7. The molecule has 0 aliphatic carbocycles. The molecule has 6 rings (SSSR count). The normalized spacial score (nSPS) is 14.6. The first-order valence-corrected chi connectivity index (χ1v) is 13.2. The fourth-order valence-corrected chi connectivity index (χ4v) is 5.60. The van der Waals surface area contributed by atoms with Gasteiger partial charge in [-0.2, -0.15) is 0 Å². The Morgan fingerprint density at radius 2 is 0.889 bits per heavy atom. The molecule has 0 fully saturated rings. The molecule has 2 aliphatic rings. The number of nitrogens with zero attached hydrogens (tertiary/aromatic N) is 6. The van der Waals surface area contributed by atoms with Crippen LogP contribution < -0.4 is 19.6 Å². The summed E-state index contributed by atoms with van der Waals surface area (Å²) in [6.45, 7) is 9.87. The molecular formula is C30H34N6. The number of para-hydroxylation sites is 6. The zero-order chi connectivity index (χ0) is 24.5. The van der Waals surface area contributed by atoms with Crippen LogP contribution in [0.15, 0.2) is 72.8 Å². The van der Waals surface area contributed by atoms with Crippen LogP contribution in [0, 0.1) is 0 Å². The van der Waals surface area contributed by atoms with Crippen LogP contribution in [0.1, 0.15) is 38.1 Å². The molecule has 6 heteroatoms. The summed E-state index contributed by atoms with van der Waals surface area (Å²) in [7, 11) is 0. The van der Waals surface area contributed by atoms with E-state index < -0.39 is 0 Å². The molecular weight excluding hydrogens is 444 g/mol. The highest BCUT2D eigenvalue weighted by atomic mass is 15.4. The highest BCUT2D eigenvalue weighted by Crippen LogP contribution is 2.38. The lowest BCUT2D eigenvalue weighted by molar-refractivity contribution is 0.712. The Kier molecular flexibility index (Phi) is 6.09. The van der Waals surface area contributed by atoms with Crippen molar-refractivity contribution in [2.45, 2.75) is 39.8 Å². The Hall–Kier alpha value is -3.80. The summed E-state index contributed by atoms with van der Waals surface area (Å²) in [4.78, 5) is 20.2. The fourth-order valence-electron chi connectivity index (χ4n) is 5.60. The van der Waals surface area contributed by atoms with E-state index in [1.165, 1.54) is 22.7 Å². The minimum atomic E-state index is 0.749. The molecule has 36 heavy (non-hydrogen) atoms. The number of benzene rings is 3. The predicted molar refractivity (Wildman–Crippen MR) is 150 cm³/mol. The monoisotopic (exact) mass is 478 g/mol. The molecule has 0 spiro atoms. The van der Waals surface area contributed by atoms with E-state index in [0.29, 0.717) is 0 Å². The maximum Gasteiger partial charge on any atom is 0.0908 e. The second kappa shape index (κ2) is 9.69. The van der Waals surface area contributed by atoms with E-state index in [1.807, 2.05) is 12.1 Å². The third kappa shape index (κ3) is 4.11. The van der Waals surface area contributed by atoms with Gasteiger partial charge in [0.15, 0.2) is 0 Å². The van der Waals surface area contributed by atoms with Gasteiger partial charge in [-0.15, -0.1) is 0 Å². The maximum absolute atomic E-state index is 5.17. The van der Waals surface area contributed by atoms with Crippen LogP contribution in [0.2, 0.25) is 0 Å². The van der Waals surface area contributed by atoms with Crippen LogP contribution in [-0.2, 0) is 13.1 Å². The summed E-state index contributed by atoms with van der Waals surface area (Å²) in [6.07, 6.45) is 2.26. The van der Waals surface area contributed by atoms with E-state index in [2.05, 4.69) is 94.1 Å². The van der Waals surface area contributed by atoms with Gasteiger partial charge in [0, 0.05) is 13.1 Å². The molecule has 0 bridgehead atoms. The van der Waals surface area contributed by atoms with Crippen LogP contribution in [-0.4, -0.2) is 36.4 Å². The SMILES string of the molecule is CCCN1CN(Cc2nc3ccccc3nc2CN2CN(CCC)c3ccccc32)c2ccccc21. The van der Waals surface area contributed by atoms with E-state index in [4.69, 9.17) is 9.97 Å². The van der Waals surface area contributed by atoms with Crippen molar-refractivity contribution < 1.29 is 0 Å². The minimum Gasteiger partial charge on any atom is -0.352 e. The third-order valence-corrected chi connectivity index (χ3v) is 7.20. The van der Waals surface area contributed by atoms with Crippen LogP contribution in [0.5, 0.6) is 0 Å². The van der Waals surface area contributed by atoms with Crippen molar-refractivity contribution in [3.63, 3.8) is 0 Å². The largest absolute Gasteiger partial charge is 0.352 e. The zero-order valence-corrected chi connectivity index (χ0v) is 21.3. The van der Waals surface area contributed by atoms with Gasteiger partial charge in [0.2, 0.25) is 0 Å². The van der Waals surface area contributed by atoms with Gasteiger partial charge in [-0.05, 0) is 49.2 Å². The maximum atomic E-state index is 5.17. The van der Waals surface area contributed by atoms with Crippen molar-refractivity contribution in [1.29, 1.82) is 0 Å². The number of anilines is 4. The molecule has 4 aromatic rings. The highest BCUT2D eigenvalue weighted by Gasteiger charge is 2.29. The number of rotatable bonds is 8. The highest BCUT2D eigenvalue weighted by molar-refractivity contribution is 5.78. The molecule has 0 amide bonds. The molecule has 3 heterocycles. The number of fused-ring (bicyclic) bond motifs is 3. The average Bonchev–Trinajstić information content (AvgIpc) is 3.43. The smallest absolute Gasteiger partial charge is 0.0908 e. The lowest BCUT2D eigenvalue weighted by atomic mass is 10.2. The van der Waals surface area contributed by atoms with E-state index in [9.17, 15) is 0 Å². The summed E-state index contributed by atoms with van der Waals surface area (Å²) in [5.41, 5.74) is 9.25. The molecule has 2 aliphatic heterocycles. The first kappa shape index (κ1) is 22.7. The van der Waals surface area contributed by atoms with Crippen molar-refractivity contribution in [2.24, 2.45) is 0 Å². The topological polar surface area (TPSA) is 38.7 Å². The van der Waals surface area contributed by atoms with E-state index >= 15 is 0 Å². The first-order chi connectivity index (χ1) is 17.7. The van der Waals surface area contributed by atoms with Crippen LogP contribution in [0.3, 0.4) is 0 Å². The van der Waals surface area contributed by atoms with Crippen LogP contribution in [0.4, 0.5) is 22.7 Å². The van der Waals surface area contributed by atoms with Crippen molar-refractivity contribution in [3.8, 4) is 0 Å². The molecule has 6 nitrogen and oxygen atoms in total. The average molecular weight is 479 g/mol. The molecule has 3 aromatic carbocycles. The van der Waals surface area contributed by atoms with E-state index in [1.54, 1.807) is 0 Å². The first-order valence-electron chi connectivity index (χ1n) is 13.2. The van der Waals surface area contributed by atoms with Gasteiger partial charge < -0.3 is 19.6 Å². The van der Waals surface area contributed by atoms with Gasteiger partial charge in [-0.25, -0.2) is 9.97 Å². The second-order valence-electron chi connectivity index (χ2n) is 9.79. The van der Waals surface area contributed by atoms with Gasteiger partial charge in [0.25, 0.3) is 0 Å². The van der Waals surface area contributed by atoms with Gasteiger partial charge in [0.05, 0.1) is 71.6 Å². The second-order valence-corrected chi connectivity index (χ2v) is 9.79. The minimum absolute atomic E-state index is 0.749. The quantitative estimate of drug-likeness (QED) is 0.308. The number of hydrogen-bond donors (Lipinski definition) is 0. The number of aromatic nitrogens is 2. The van der Waals surface area contributed by atoms with Crippen LogP contribution >= 0.6 is 0 Å². The predicted octanol–water partition coefficient (Wildman–Crippen LogP) is 6.02. The molecule has 0 saturated carbocycles. The van der Waals surface area contributed by atoms with Gasteiger partial charge in [0.1, 0.15) is 0 Å². The van der Waals surface area contributed by atoms with Crippen molar-refractivity contribution in [3.05, 3.63) is 84.2 Å². The van der Waals surface area contributed by atoms with Crippen LogP contribution in [0.25, 0.3) is 11.0 Å². The van der Waals surface area contributed by atoms with Crippen molar-refractivity contribution in [2.75, 3.05) is 46.0 Å². The zero-order valence-electron chi connectivity index (χ0n) is 21.3.